The Kier molecular flexibility index (Phi) is 3.61. The monoisotopic (exact) mass is 250 g/mol. The second-order valence-corrected chi connectivity index (χ2v) is 4.55. The van der Waals surface area contributed by atoms with E-state index >= 15 is 0 Å². The first-order valence-corrected chi connectivity index (χ1v) is 6.04. The molecule has 0 amide bonds. The fourth-order valence-electron chi connectivity index (χ4n) is 1.74. The fourth-order valence-corrected chi connectivity index (χ4v) is 1.74. The number of hydrogen-bond donors (Lipinski definition) is 4. The average molecular weight is 250 g/mol. The summed E-state index contributed by atoms with van der Waals surface area (Å²) < 4.78 is 0. The van der Waals surface area contributed by atoms with Gasteiger partial charge in [-0.1, -0.05) is 13.8 Å². The maximum Gasteiger partial charge on any atom is 0.278 e. The smallest absolute Gasteiger partial charge is 0.278 e. The van der Waals surface area contributed by atoms with Crippen LogP contribution < -0.4 is 16.6 Å². The van der Waals surface area contributed by atoms with E-state index in [9.17, 15) is 4.79 Å². The van der Waals surface area contributed by atoms with Gasteiger partial charge in [0.2, 0.25) is 5.95 Å². The molecule has 0 aromatic carbocycles. The molecule has 0 saturated carbocycles. The second kappa shape index (κ2) is 5.18. The molecule has 0 atom stereocenters. The maximum absolute atomic E-state index is 11.6. The summed E-state index contributed by atoms with van der Waals surface area (Å²) in [6.45, 7) is 5.13. The van der Waals surface area contributed by atoms with Gasteiger partial charge in [-0.05, 0) is 13.0 Å². The molecular weight excluding hydrogens is 232 g/mol. The molecule has 7 heteroatoms. The van der Waals surface area contributed by atoms with Gasteiger partial charge in [-0.2, -0.15) is 4.98 Å². The topological polar surface area (TPSA) is 112 Å². The highest BCUT2D eigenvalue weighted by atomic mass is 16.1. The van der Waals surface area contributed by atoms with Crippen molar-refractivity contribution in [1.82, 2.24) is 25.3 Å². The molecule has 5 N–H and O–H groups in total. The van der Waals surface area contributed by atoms with Crippen molar-refractivity contribution < 1.29 is 0 Å². The minimum atomic E-state index is -0.281. The lowest BCUT2D eigenvalue weighted by atomic mass is 10.3. The number of H-pyrrole nitrogens is 2. The van der Waals surface area contributed by atoms with Gasteiger partial charge in [0.1, 0.15) is 5.82 Å². The fraction of sp³-hybridized carbons (Fsp3) is 0.545. The standard InChI is InChI=1S/C11H18N6O/c1-6(2)13-5-3-4-7-14-8-9(15-7)16-11(12)17-10(8)18/h6,13H,3-5H2,1-2H3,(H4,12,14,15,16,17,18). The van der Waals surface area contributed by atoms with Gasteiger partial charge in [-0.25, -0.2) is 4.98 Å². The quantitative estimate of drug-likeness (QED) is 0.565. The Balaban J connectivity index is 2.06. The molecule has 0 unspecified atom stereocenters. The number of nitrogens with one attached hydrogen (secondary N) is 3. The van der Waals surface area contributed by atoms with E-state index in [4.69, 9.17) is 5.73 Å². The van der Waals surface area contributed by atoms with E-state index in [1.165, 1.54) is 0 Å². The summed E-state index contributed by atoms with van der Waals surface area (Å²) in [5.74, 6) is 0.853. The first kappa shape index (κ1) is 12.6. The van der Waals surface area contributed by atoms with Crippen LogP contribution in [0.25, 0.3) is 11.2 Å². The first-order chi connectivity index (χ1) is 8.56. The lowest BCUT2D eigenvalue weighted by molar-refractivity contribution is 0.567. The Labute approximate surface area is 104 Å². The molecular formula is C11H18N6O. The van der Waals surface area contributed by atoms with Crippen LogP contribution in [-0.2, 0) is 6.42 Å². The number of aromatic amines is 2. The van der Waals surface area contributed by atoms with Crippen molar-refractivity contribution in [3.63, 3.8) is 0 Å². The van der Waals surface area contributed by atoms with E-state index in [1.807, 2.05) is 0 Å². The zero-order valence-electron chi connectivity index (χ0n) is 10.6. The molecule has 0 aliphatic rings. The molecule has 0 bridgehead atoms. The van der Waals surface area contributed by atoms with Gasteiger partial charge in [0, 0.05) is 12.5 Å². The lowest BCUT2D eigenvalue weighted by Crippen LogP contribution is -2.24. The summed E-state index contributed by atoms with van der Waals surface area (Å²) >= 11 is 0. The van der Waals surface area contributed by atoms with Gasteiger partial charge in [-0.3, -0.25) is 9.78 Å². The Morgan fingerprint density at radius 2 is 2.11 bits per heavy atom. The third-order valence-electron chi connectivity index (χ3n) is 2.57. The number of nitrogens with zero attached hydrogens (tertiary/aromatic N) is 2. The Morgan fingerprint density at radius 1 is 1.33 bits per heavy atom. The number of nitrogen functional groups attached to an aromatic ring is 1. The predicted molar refractivity (Wildman–Crippen MR) is 70.4 cm³/mol. The molecule has 2 heterocycles. The number of aromatic nitrogens is 4. The van der Waals surface area contributed by atoms with Crippen molar-refractivity contribution in [2.75, 3.05) is 12.3 Å². The number of rotatable bonds is 5. The molecule has 2 aromatic rings. The van der Waals surface area contributed by atoms with Gasteiger partial charge < -0.3 is 16.0 Å². The van der Waals surface area contributed by atoms with Gasteiger partial charge in [0.25, 0.3) is 5.56 Å². The number of aryl methyl sites for hydroxylation is 1. The average Bonchev–Trinajstić information content (AvgIpc) is 2.67. The van der Waals surface area contributed by atoms with Crippen LogP contribution >= 0.6 is 0 Å². The molecule has 7 nitrogen and oxygen atoms in total. The van der Waals surface area contributed by atoms with Crippen LogP contribution in [0.3, 0.4) is 0 Å². The van der Waals surface area contributed by atoms with Crippen LogP contribution in [0.5, 0.6) is 0 Å². The second-order valence-electron chi connectivity index (χ2n) is 4.55. The molecule has 0 aliphatic heterocycles. The number of imidazole rings is 1. The molecule has 0 fully saturated rings. The highest BCUT2D eigenvalue weighted by molar-refractivity contribution is 5.70. The van der Waals surface area contributed by atoms with E-state index in [0.717, 1.165) is 25.2 Å². The van der Waals surface area contributed by atoms with E-state index in [1.54, 1.807) is 0 Å². The Morgan fingerprint density at radius 3 is 2.83 bits per heavy atom. The summed E-state index contributed by atoms with van der Waals surface area (Å²) in [6.07, 6.45) is 1.72. The van der Waals surface area contributed by atoms with Crippen molar-refractivity contribution in [3.05, 3.63) is 16.2 Å². The van der Waals surface area contributed by atoms with Crippen molar-refractivity contribution in [2.24, 2.45) is 0 Å². The molecule has 98 valence electrons. The minimum absolute atomic E-state index is 0.0898. The van der Waals surface area contributed by atoms with Crippen LogP contribution in [0.2, 0.25) is 0 Å². The number of hydrogen-bond acceptors (Lipinski definition) is 5. The molecule has 0 radical (unpaired) electrons. The van der Waals surface area contributed by atoms with E-state index < -0.39 is 0 Å². The zero-order valence-corrected chi connectivity index (χ0v) is 10.6. The third kappa shape index (κ3) is 2.86. The van der Waals surface area contributed by atoms with Gasteiger partial charge >= 0.3 is 0 Å². The highest BCUT2D eigenvalue weighted by Crippen LogP contribution is 2.06. The van der Waals surface area contributed by atoms with Crippen LogP contribution in [0, 0.1) is 0 Å². The zero-order chi connectivity index (χ0) is 13.1. The molecule has 0 spiro atoms. The maximum atomic E-state index is 11.6. The normalized spacial score (nSPS) is 11.5. The van der Waals surface area contributed by atoms with Crippen LogP contribution in [-0.4, -0.2) is 32.5 Å². The predicted octanol–water partition coefficient (Wildman–Crippen LogP) is 0.159. The first-order valence-electron chi connectivity index (χ1n) is 6.04. The minimum Gasteiger partial charge on any atom is -0.369 e. The summed E-state index contributed by atoms with van der Waals surface area (Å²) in [7, 11) is 0. The summed E-state index contributed by atoms with van der Waals surface area (Å²) in [4.78, 5) is 25.2. The third-order valence-corrected chi connectivity index (χ3v) is 2.57. The SMILES string of the molecule is CC(C)NCCCc1nc2nc(N)[nH]c(=O)c2[nH]1. The number of anilines is 1. The van der Waals surface area contributed by atoms with Crippen LogP contribution in [0.15, 0.2) is 4.79 Å². The Bertz CT molecular complexity index is 585. The summed E-state index contributed by atoms with van der Waals surface area (Å²) in [6, 6.07) is 0.477. The number of fused-ring (bicyclic) bond motifs is 1. The molecule has 2 aromatic heterocycles. The highest BCUT2D eigenvalue weighted by Gasteiger charge is 2.08. The largest absolute Gasteiger partial charge is 0.369 e. The van der Waals surface area contributed by atoms with E-state index in [2.05, 4.69) is 39.1 Å². The van der Waals surface area contributed by atoms with Gasteiger partial charge in [0.05, 0.1) is 0 Å². The molecule has 18 heavy (non-hydrogen) atoms. The van der Waals surface area contributed by atoms with E-state index in [0.29, 0.717) is 17.2 Å². The van der Waals surface area contributed by atoms with Crippen molar-refractivity contribution in [3.8, 4) is 0 Å². The van der Waals surface area contributed by atoms with Gasteiger partial charge in [-0.15, -0.1) is 0 Å². The summed E-state index contributed by atoms with van der Waals surface area (Å²) in [5.41, 5.74) is 5.94. The van der Waals surface area contributed by atoms with E-state index in [-0.39, 0.29) is 11.5 Å². The number of nitrogens with two attached hydrogens (primary N) is 1. The van der Waals surface area contributed by atoms with Crippen molar-refractivity contribution in [1.29, 1.82) is 0 Å². The molecule has 0 saturated heterocycles. The van der Waals surface area contributed by atoms with Crippen LogP contribution in [0.4, 0.5) is 5.95 Å². The summed E-state index contributed by atoms with van der Waals surface area (Å²) in [5, 5.41) is 3.32. The molecule has 0 aliphatic carbocycles. The van der Waals surface area contributed by atoms with Crippen molar-refractivity contribution >= 4 is 17.1 Å². The molecule has 2 rings (SSSR count). The lowest BCUT2D eigenvalue weighted by Gasteiger charge is -2.06. The van der Waals surface area contributed by atoms with Gasteiger partial charge in [0.15, 0.2) is 11.2 Å². The Hall–Kier alpha value is -1.89. The van der Waals surface area contributed by atoms with Crippen LogP contribution in [0.1, 0.15) is 26.1 Å². The van der Waals surface area contributed by atoms with Crippen molar-refractivity contribution in [2.45, 2.75) is 32.7 Å².